The van der Waals surface area contributed by atoms with Gasteiger partial charge in [-0.1, -0.05) is 13.8 Å². The van der Waals surface area contributed by atoms with Gasteiger partial charge in [0.1, 0.15) is 30.2 Å². The van der Waals surface area contributed by atoms with E-state index in [1.165, 1.54) is 19.9 Å². The van der Waals surface area contributed by atoms with Gasteiger partial charge in [-0.15, -0.1) is 0 Å². The maximum absolute atomic E-state index is 15.5. The van der Waals surface area contributed by atoms with Gasteiger partial charge >= 0.3 is 5.97 Å². The predicted molar refractivity (Wildman–Crippen MR) is 313 cm³/mol. The lowest BCUT2D eigenvalue weighted by atomic mass is 9.81. The summed E-state index contributed by atoms with van der Waals surface area (Å²) < 4.78 is 88.9. The normalized spacial score (nSPS) is 15.4. The van der Waals surface area contributed by atoms with E-state index in [-0.39, 0.29) is 24.7 Å². The Balaban J connectivity index is 0.703. The molecule has 2 aromatic heterocycles. The van der Waals surface area contributed by atoms with Crippen LogP contribution in [0, 0.1) is 18.2 Å². The van der Waals surface area contributed by atoms with Gasteiger partial charge < -0.3 is 71.5 Å². The first kappa shape index (κ1) is 66.7. The molecule has 2 amide bonds. The van der Waals surface area contributed by atoms with Crippen molar-refractivity contribution in [3.63, 3.8) is 0 Å². The highest BCUT2D eigenvalue weighted by Crippen LogP contribution is 2.46. The molecular weight excluding hydrogens is 1110 g/mol. The summed E-state index contributed by atoms with van der Waals surface area (Å²) in [4.78, 5) is 59.6. The molecule has 0 spiro atoms. The molecule has 4 heterocycles. The number of rotatable bonds is 42. The molecular formula is C62H86FN5O17. The lowest BCUT2D eigenvalue weighted by Gasteiger charge is -2.32. The number of aromatic nitrogens is 2. The molecule has 468 valence electrons. The fraction of sp³-hybridized carbons (Fsp3) is 0.613. The molecule has 2 N–H and O–H groups in total. The van der Waals surface area contributed by atoms with Crippen LogP contribution in [0.25, 0.3) is 22.3 Å². The number of carbonyl (C=O) groups is 3. The van der Waals surface area contributed by atoms with E-state index in [2.05, 4.69) is 22.8 Å². The number of hydrogen-bond donors (Lipinski definition) is 2. The summed E-state index contributed by atoms with van der Waals surface area (Å²) in [5, 5.41) is 8.20. The van der Waals surface area contributed by atoms with Crippen molar-refractivity contribution in [2.24, 2.45) is 10.5 Å². The molecule has 23 heteroatoms. The lowest BCUT2D eigenvalue weighted by molar-refractivity contribution is -0.148. The summed E-state index contributed by atoms with van der Waals surface area (Å²) in [5.41, 5.74) is 7.19. The van der Waals surface area contributed by atoms with Crippen molar-refractivity contribution in [1.29, 1.82) is 0 Å². The van der Waals surface area contributed by atoms with Gasteiger partial charge in [0.25, 0.3) is 11.5 Å². The number of cyclic esters (lactones) is 1. The molecule has 0 fully saturated rings. The van der Waals surface area contributed by atoms with Crippen LogP contribution in [0.2, 0.25) is 0 Å². The highest BCUT2D eigenvalue weighted by molar-refractivity contribution is 6.06. The summed E-state index contributed by atoms with van der Waals surface area (Å²) in [6, 6.07) is 9.86. The van der Waals surface area contributed by atoms with Crippen LogP contribution in [0.1, 0.15) is 105 Å². The van der Waals surface area contributed by atoms with Crippen molar-refractivity contribution < 1.29 is 80.4 Å². The SMILES string of the molecule is CCCOCCOCCOCCOCCOCCOCCOCCOCCOCCOCCOCCOc1ccc(/C(C)=N\NC(=O)C(C)(C)C(=O)N[C@@H]2CCc3c(C)c(F)cc4nc5c(c2c34)Cn2c-5cc3c(c2=O)COC(=O)C3CC)cc1. The van der Waals surface area contributed by atoms with E-state index < -0.39 is 35.0 Å². The molecule has 3 aliphatic rings. The van der Waals surface area contributed by atoms with E-state index in [0.29, 0.717) is 210 Å². The summed E-state index contributed by atoms with van der Waals surface area (Å²) >= 11 is 0. The quantitative estimate of drug-likeness (QED) is 0.0148. The third-order valence-corrected chi connectivity index (χ3v) is 14.8. The molecule has 85 heavy (non-hydrogen) atoms. The third-order valence-electron chi connectivity index (χ3n) is 14.8. The van der Waals surface area contributed by atoms with Gasteiger partial charge in [-0.05, 0) is 112 Å². The number of esters is 1. The van der Waals surface area contributed by atoms with Gasteiger partial charge in [-0.3, -0.25) is 19.2 Å². The summed E-state index contributed by atoms with van der Waals surface area (Å²) in [5.74, 6) is -1.91. The van der Waals surface area contributed by atoms with Crippen molar-refractivity contribution in [3.8, 4) is 17.1 Å². The third kappa shape index (κ3) is 19.1. The minimum Gasteiger partial charge on any atom is -0.491 e. The van der Waals surface area contributed by atoms with E-state index in [1.807, 2.05) is 25.1 Å². The number of ether oxygens (including phenoxy) is 13. The van der Waals surface area contributed by atoms with E-state index in [4.69, 9.17) is 66.6 Å². The standard InChI is InChI=1S/C62H86FN5O17/c1-7-15-73-16-17-74-18-19-75-20-21-76-22-23-77-24-25-78-26-27-79-28-29-80-30-31-81-32-33-82-34-35-83-36-37-84-45-11-9-44(10-12-45)43(4)66-67-61(72)62(5,6)60(71)65-52-14-13-47-42(3)51(63)39-53-55(47)56(52)49-40-68-54(57(49)64-53)38-48-46(8-2)59(70)85-41-50(48)58(68)69/h9-12,38-39,46,52H,7-8,13-37,40-41H2,1-6H3,(H,65,71)(H,67,72)/b66-43-/t46?,52-/m1/s1. The number of amides is 2. The highest BCUT2D eigenvalue weighted by atomic mass is 19.1. The Hall–Kier alpha value is -5.83. The average molecular weight is 1190 g/mol. The zero-order chi connectivity index (χ0) is 60.4. The van der Waals surface area contributed by atoms with Crippen LogP contribution in [0.5, 0.6) is 5.75 Å². The van der Waals surface area contributed by atoms with Gasteiger partial charge in [-0.25, -0.2) is 14.8 Å². The highest BCUT2D eigenvalue weighted by Gasteiger charge is 2.41. The second kappa shape index (κ2) is 35.1. The summed E-state index contributed by atoms with van der Waals surface area (Å²) in [7, 11) is 0. The topological polar surface area (TPSA) is 243 Å². The first-order valence-electron chi connectivity index (χ1n) is 29.7. The van der Waals surface area contributed by atoms with Gasteiger partial charge in [0.05, 0.1) is 185 Å². The van der Waals surface area contributed by atoms with E-state index in [0.717, 1.165) is 40.7 Å². The molecule has 2 atom stereocenters. The fourth-order valence-electron chi connectivity index (χ4n) is 9.96. The zero-order valence-corrected chi connectivity index (χ0v) is 50.3. The number of benzene rings is 2. The molecule has 4 aromatic rings. The van der Waals surface area contributed by atoms with Crippen molar-refractivity contribution >= 4 is 34.4 Å². The number of hydrogen-bond acceptors (Lipinski definition) is 19. The van der Waals surface area contributed by atoms with E-state index in [1.54, 1.807) is 30.5 Å². The largest absolute Gasteiger partial charge is 0.491 e. The zero-order valence-electron chi connectivity index (χ0n) is 50.3. The van der Waals surface area contributed by atoms with Crippen molar-refractivity contribution in [1.82, 2.24) is 20.3 Å². The summed E-state index contributed by atoms with van der Waals surface area (Å²) in [6.07, 6.45) is 2.34. The Kier molecular flexibility index (Phi) is 27.5. The Morgan fingerprint density at radius 3 is 1.67 bits per heavy atom. The predicted octanol–water partition coefficient (Wildman–Crippen LogP) is 6.06. The number of hydrazone groups is 1. The number of halogens is 1. The van der Waals surface area contributed by atoms with Gasteiger partial charge in [-0.2, -0.15) is 5.10 Å². The Morgan fingerprint density at radius 2 is 1.18 bits per heavy atom. The number of carbonyl (C=O) groups excluding carboxylic acids is 3. The van der Waals surface area contributed by atoms with Crippen molar-refractivity contribution in [2.45, 2.75) is 92.3 Å². The number of aryl methyl sites for hydroxylation is 1. The van der Waals surface area contributed by atoms with Crippen LogP contribution < -0.4 is 21.0 Å². The molecule has 2 aliphatic heterocycles. The molecule has 1 aliphatic carbocycles. The number of nitrogens with zero attached hydrogens (tertiary/aromatic N) is 3. The number of nitrogens with one attached hydrogen (secondary N) is 2. The van der Waals surface area contributed by atoms with Crippen molar-refractivity contribution in [2.75, 3.05) is 152 Å². The molecule has 0 saturated heterocycles. The molecule has 0 saturated carbocycles. The van der Waals surface area contributed by atoms with Crippen LogP contribution >= 0.6 is 0 Å². The minimum absolute atomic E-state index is 0.119. The second-order valence-electron chi connectivity index (χ2n) is 21.1. The Labute approximate surface area is 496 Å². The van der Waals surface area contributed by atoms with Crippen LogP contribution in [-0.4, -0.2) is 185 Å². The van der Waals surface area contributed by atoms with E-state index in [9.17, 15) is 19.2 Å². The molecule has 0 bridgehead atoms. The molecule has 2 aromatic carbocycles. The molecule has 0 radical (unpaired) electrons. The van der Waals surface area contributed by atoms with Crippen LogP contribution in [0.15, 0.2) is 46.3 Å². The van der Waals surface area contributed by atoms with Crippen LogP contribution in [-0.2, 0) is 90.8 Å². The first-order chi connectivity index (χ1) is 41.3. The summed E-state index contributed by atoms with van der Waals surface area (Å²) in [6.45, 7) is 21.7. The van der Waals surface area contributed by atoms with E-state index >= 15 is 4.39 Å². The van der Waals surface area contributed by atoms with Crippen LogP contribution in [0.4, 0.5) is 4.39 Å². The number of fused-ring (bicyclic) bond motifs is 5. The maximum atomic E-state index is 15.5. The molecule has 22 nitrogen and oxygen atoms in total. The monoisotopic (exact) mass is 1190 g/mol. The van der Waals surface area contributed by atoms with Gasteiger partial charge in [0.2, 0.25) is 5.91 Å². The van der Waals surface area contributed by atoms with Gasteiger partial charge in [0, 0.05) is 23.6 Å². The maximum Gasteiger partial charge on any atom is 0.313 e. The minimum atomic E-state index is -1.57. The Morgan fingerprint density at radius 1 is 0.682 bits per heavy atom. The molecule has 7 rings (SSSR count). The van der Waals surface area contributed by atoms with Gasteiger partial charge in [0.15, 0.2) is 0 Å². The smallest absolute Gasteiger partial charge is 0.313 e. The molecule has 1 unspecified atom stereocenters. The fourth-order valence-corrected chi connectivity index (χ4v) is 9.96. The lowest BCUT2D eigenvalue weighted by Crippen LogP contribution is -2.48. The number of pyridine rings is 2. The second-order valence-corrected chi connectivity index (χ2v) is 21.1. The average Bonchev–Trinajstić information content (AvgIpc) is 1.78. The van der Waals surface area contributed by atoms with Crippen LogP contribution in [0.3, 0.4) is 0 Å². The Bertz CT molecular complexity index is 2880. The first-order valence-corrected chi connectivity index (χ1v) is 29.7. The van der Waals surface area contributed by atoms with Crippen molar-refractivity contribution in [3.05, 3.63) is 91.5 Å².